The Labute approximate surface area is 112 Å². The van der Waals surface area contributed by atoms with Crippen molar-refractivity contribution in [3.05, 3.63) is 29.8 Å². The Hall–Kier alpha value is -1.06. The van der Waals surface area contributed by atoms with Gasteiger partial charge in [-0.15, -0.1) is 11.6 Å². The molecule has 2 aliphatic rings. The fourth-order valence-electron chi connectivity index (χ4n) is 3.18. The van der Waals surface area contributed by atoms with E-state index in [0.717, 1.165) is 38.2 Å². The topological polar surface area (TPSA) is 32.3 Å². The van der Waals surface area contributed by atoms with Crippen molar-refractivity contribution in [2.24, 2.45) is 5.41 Å². The van der Waals surface area contributed by atoms with Crippen molar-refractivity contribution in [2.45, 2.75) is 12.8 Å². The van der Waals surface area contributed by atoms with Crippen LogP contribution in [0.1, 0.15) is 12.0 Å². The minimum atomic E-state index is 0.00934. The molecule has 1 saturated heterocycles. The molecule has 18 heavy (non-hydrogen) atoms. The summed E-state index contributed by atoms with van der Waals surface area (Å²) in [6, 6.07) is 8.18. The first-order chi connectivity index (χ1) is 8.74. The molecule has 3 nitrogen and oxygen atoms in total. The summed E-state index contributed by atoms with van der Waals surface area (Å²) in [7, 11) is 0. The second kappa shape index (κ2) is 4.56. The van der Waals surface area contributed by atoms with Gasteiger partial charge >= 0.3 is 0 Å². The number of nitrogens with one attached hydrogen (secondary N) is 1. The van der Waals surface area contributed by atoms with Crippen LogP contribution in [0.2, 0.25) is 0 Å². The van der Waals surface area contributed by atoms with E-state index < -0.39 is 0 Å². The van der Waals surface area contributed by atoms with E-state index in [0.29, 0.717) is 0 Å². The van der Waals surface area contributed by atoms with Crippen LogP contribution in [0.25, 0.3) is 0 Å². The fraction of sp³-hybridized carbons (Fsp3) is 0.500. The zero-order valence-electron chi connectivity index (χ0n) is 10.3. The lowest BCUT2D eigenvalue weighted by atomic mass is 9.77. The van der Waals surface area contributed by atoms with Crippen LogP contribution in [0.5, 0.6) is 0 Å². The first-order valence-electron chi connectivity index (χ1n) is 6.39. The van der Waals surface area contributed by atoms with Crippen LogP contribution >= 0.6 is 11.6 Å². The summed E-state index contributed by atoms with van der Waals surface area (Å²) >= 11 is 5.74. The molecule has 1 fully saturated rings. The summed E-state index contributed by atoms with van der Waals surface area (Å²) in [5.74, 6) is 0.0628. The molecule has 1 unspecified atom stereocenters. The Morgan fingerprint density at radius 3 is 3.00 bits per heavy atom. The van der Waals surface area contributed by atoms with Gasteiger partial charge in [-0.3, -0.25) is 4.79 Å². The standard InChI is InChI=1S/C14H17ClN2O/c15-8-13(18)17-10-14(5-6-16-9-14)7-11-3-1-2-4-12(11)17/h1-4,16H,5-10H2. The number of fused-ring (bicyclic) bond motifs is 1. The van der Waals surface area contributed by atoms with Gasteiger partial charge in [-0.25, -0.2) is 0 Å². The molecule has 2 heterocycles. The molecule has 1 amide bonds. The van der Waals surface area contributed by atoms with Gasteiger partial charge in [-0.05, 0) is 31.0 Å². The number of para-hydroxylation sites is 1. The van der Waals surface area contributed by atoms with Gasteiger partial charge in [0.25, 0.3) is 0 Å². The van der Waals surface area contributed by atoms with E-state index in [1.807, 2.05) is 23.1 Å². The third-order valence-electron chi connectivity index (χ3n) is 4.09. The molecule has 1 aromatic carbocycles. The average molecular weight is 265 g/mol. The van der Waals surface area contributed by atoms with Crippen molar-refractivity contribution in [3.63, 3.8) is 0 Å². The van der Waals surface area contributed by atoms with E-state index >= 15 is 0 Å². The van der Waals surface area contributed by atoms with Crippen LogP contribution in [0.3, 0.4) is 0 Å². The third kappa shape index (κ3) is 1.91. The molecule has 0 aliphatic carbocycles. The van der Waals surface area contributed by atoms with Gasteiger partial charge in [0.15, 0.2) is 0 Å². The number of amides is 1. The molecule has 96 valence electrons. The molecule has 1 aromatic rings. The number of alkyl halides is 1. The van der Waals surface area contributed by atoms with Crippen molar-refractivity contribution < 1.29 is 4.79 Å². The number of nitrogens with zero attached hydrogens (tertiary/aromatic N) is 1. The molecular weight excluding hydrogens is 248 g/mol. The smallest absolute Gasteiger partial charge is 0.241 e. The summed E-state index contributed by atoms with van der Waals surface area (Å²) in [5, 5.41) is 3.42. The van der Waals surface area contributed by atoms with Crippen molar-refractivity contribution >= 4 is 23.2 Å². The maximum atomic E-state index is 12.0. The van der Waals surface area contributed by atoms with Crippen LogP contribution in [0, 0.1) is 5.41 Å². The molecule has 1 N–H and O–H groups in total. The highest BCUT2D eigenvalue weighted by Gasteiger charge is 2.41. The highest BCUT2D eigenvalue weighted by atomic mass is 35.5. The zero-order chi connectivity index (χ0) is 12.6. The highest BCUT2D eigenvalue weighted by Crippen LogP contribution is 2.40. The number of hydrogen-bond donors (Lipinski definition) is 1. The summed E-state index contributed by atoms with van der Waals surface area (Å²) in [6.45, 7) is 2.83. The monoisotopic (exact) mass is 264 g/mol. The lowest BCUT2D eigenvalue weighted by Gasteiger charge is -2.41. The summed E-state index contributed by atoms with van der Waals surface area (Å²) in [4.78, 5) is 13.9. The molecule has 2 aliphatic heterocycles. The van der Waals surface area contributed by atoms with Crippen LogP contribution in [-0.4, -0.2) is 31.4 Å². The number of anilines is 1. The molecule has 0 bridgehead atoms. The van der Waals surface area contributed by atoms with Crippen LogP contribution in [0.4, 0.5) is 5.69 Å². The normalized spacial score (nSPS) is 26.4. The van der Waals surface area contributed by atoms with E-state index in [9.17, 15) is 4.79 Å². The maximum absolute atomic E-state index is 12.0. The van der Waals surface area contributed by atoms with Gasteiger partial charge in [0.1, 0.15) is 5.88 Å². The van der Waals surface area contributed by atoms with Crippen molar-refractivity contribution in [1.29, 1.82) is 0 Å². The Morgan fingerprint density at radius 2 is 2.28 bits per heavy atom. The number of carbonyl (C=O) groups is 1. The number of benzene rings is 1. The summed E-state index contributed by atoms with van der Waals surface area (Å²) < 4.78 is 0. The van der Waals surface area contributed by atoms with Crippen molar-refractivity contribution in [1.82, 2.24) is 5.32 Å². The number of hydrogen-bond acceptors (Lipinski definition) is 2. The quantitative estimate of drug-likeness (QED) is 0.785. The Bertz CT molecular complexity index is 469. The zero-order valence-corrected chi connectivity index (χ0v) is 11.0. The number of halogens is 1. The van der Waals surface area contributed by atoms with E-state index in [4.69, 9.17) is 11.6 Å². The van der Waals surface area contributed by atoms with E-state index in [-0.39, 0.29) is 17.2 Å². The predicted molar refractivity (Wildman–Crippen MR) is 73.1 cm³/mol. The fourth-order valence-corrected chi connectivity index (χ4v) is 3.32. The molecule has 0 radical (unpaired) electrons. The van der Waals surface area contributed by atoms with Crippen LogP contribution < -0.4 is 10.2 Å². The van der Waals surface area contributed by atoms with Crippen LogP contribution in [0.15, 0.2) is 24.3 Å². The van der Waals surface area contributed by atoms with Gasteiger partial charge in [0, 0.05) is 24.2 Å². The second-order valence-corrected chi connectivity index (χ2v) is 5.61. The van der Waals surface area contributed by atoms with E-state index in [1.54, 1.807) is 0 Å². The molecule has 1 spiro atoms. The number of carbonyl (C=O) groups excluding carboxylic acids is 1. The van der Waals surface area contributed by atoms with Crippen molar-refractivity contribution in [3.8, 4) is 0 Å². The van der Waals surface area contributed by atoms with Gasteiger partial charge in [-0.1, -0.05) is 18.2 Å². The van der Waals surface area contributed by atoms with Gasteiger partial charge in [0.2, 0.25) is 5.91 Å². The van der Waals surface area contributed by atoms with Gasteiger partial charge in [-0.2, -0.15) is 0 Å². The molecule has 0 saturated carbocycles. The lowest BCUT2D eigenvalue weighted by molar-refractivity contribution is -0.116. The molecule has 3 rings (SSSR count). The Kier molecular flexibility index (Phi) is 3.04. The predicted octanol–water partition coefficient (Wildman–Crippen LogP) is 1.79. The van der Waals surface area contributed by atoms with E-state index in [2.05, 4.69) is 11.4 Å². The number of rotatable bonds is 1. The molecule has 1 atom stereocenters. The molecule has 0 aromatic heterocycles. The van der Waals surface area contributed by atoms with Crippen molar-refractivity contribution in [2.75, 3.05) is 30.4 Å². The van der Waals surface area contributed by atoms with E-state index in [1.165, 1.54) is 5.56 Å². The SMILES string of the molecule is O=C(CCl)N1CC2(CCNC2)Cc2ccccc21. The van der Waals surface area contributed by atoms with Crippen LogP contribution in [-0.2, 0) is 11.2 Å². The van der Waals surface area contributed by atoms with Gasteiger partial charge < -0.3 is 10.2 Å². The summed E-state index contributed by atoms with van der Waals surface area (Å²) in [5.41, 5.74) is 2.52. The minimum Gasteiger partial charge on any atom is -0.316 e. The third-order valence-corrected chi connectivity index (χ3v) is 4.32. The second-order valence-electron chi connectivity index (χ2n) is 5.35. The lowest BCUT2D eigenvalue weighted by Crippen LogP contribution is -2.48. The first kappa shape index (κ1) is 12.0. The molecule has 4 heteroatoms. The first-order valence-corrected chi connectivity index (χ1v) is 6.93. The Morgan fingerprint density at radius 1 is 1.44 bits per heavy atom. The maximum Gasteiger partial charge on any atom is 0.241 e. The highest BCUT2D eigenvalue weighted by molar-refractivity contribution is 6.29. The summed E-state index contributed by atoms with van der Waals surface area (Å²) in [6.07, 6.45) is 2.19. The average Bonchev–Trinajstić information content (AvgIpc) is 2.85. The molecular formula is C14H17ClN2O. The Balaban J connectivity index is 2.00. The minimum absolute atomic E-state index is 0.00934. The van der Waals surface area contributed by atoms with Gasteiger partial charge in [0.05, 0.1) is 0 Å². The largest absolute Gasteiger partial charge is 0.316 e.